The van der Waals surface area contributed by atoms with E-state index in [1.165, 1.54) is 18.3 Å². The van der Waals surface area contributed by atoms with Gasteiger partial charge < -0.3 is 20.2 Å². The lowest BCUT2D eigenvalue weighted by molar-refractivity contribution is -0.110. The highest BCUT2D eigenvalue weighted by atomic mass is 32.2. The highest BCUT2D eigenvalue weighted by Crippen LogP contribution is 2.34. The standard InChI is InChI=1S/C24H30F2N4O6S/c1-23(2,3)36-22(33)29-11-8-24(9-12-29,10-13-31)30-15-18(20(27)32)19(28-30)14-16-4-6-17(7-5-16)37(34,35)21(25)26/h4-7,13,15,21H,8-12,14H2,1-3H3,(H2,27,32). The van der Waals surface area contributed by atoms with E-state index in [1.54, 1.807) is 30.4 Å². The number of rotatable bonds is 8. The number of sulfone groups is 1. The molecule has 1 aromatic heterocycles. The van der Waals surface area contributed by atoms with E-state index in [9.17, 15) is 31.6 Å². The number of alkyl halides is 2. The highest BCUT2D eigenvalue weighted by molar-refractivity contribution is 7.91. The number of hydrogen-bond acceptors (Lipinski definition) is 7. The first kappa shape index (κ1) is 28.2. The molecule has 10 nitrogen and oxygen atoms in total. The molecular formula is C24H30F2N4O6S. The third kappa shape index (κ3) is 6.32. The molecule has 0 aliphatic carbocycles. The van der Waals surface area contributed by atoms with Crippen molar-refractivity contribution in [2.45, 2.75) is 68.2 Å². The van der Waals surface area contributed by atoms with Crippen LogP contribution in [-0.4, -0.2) is 65.8 Å². The topological polar surface area (TPSA) is 142 Å². The van der Waals surface area contributed by atoms with E-state index in [0.717, 1.165) is 18.4 Å². The van der Waals surface area contributed by atoms with Crippen LogP contribution in [0.15, 0.2) is 35.4 Å². The number of nitrogens with two attached hydrogens (primary N) is 1. The molecule has 0 spiro atoms. The zero-order valence-corrected chi connectivity index (χ0v) is 21.6. The first-order chi connectivity index (χ1) is 17.2. The number of likely N-dealkylation sites (tertiary alicyclic amines) is 1. The Kier molecular flexibility index (Phi) is 8.06. The summed E-state index contributed by atoms with van der Waals surface area (Å²) in [6.45, 7) is 5.93. The fourth-order valence-electron chi connectivity index (χ4n) is 4.20. The van der Waals surface area contributed by atoms with Crippen molar-refractivity contribution in [1.82, 2.24) is 14.7 Å². The Balaban J connectivity index is 1.86. The fourth-order valence-corrected chi connectivity index (χ4v) is 4.92. The molecular weight excluding hydrogens is 510 g/mol. The van der Waals surface area contributed by atoms with Crippen LogP contribution in [0.25, 0.3) is 0 Å². The van der Waals surface area contributed by atoms with Crippen molar-refractivity contribution in [3.8, 4) is 0 Å². The van der Waals surface area contributed by atoms with Crippen molar-refractivity contribution >= 4 is 28.1 Å². The maximum Gasteiger partial charge on any atom is 0.410 e. The van der Waals surface area contributed by atoms with E-state index in [4.69, 9.17) is 10.5 Å². The lowest BCUT2D eigenvalue weighted by Crippen LogP contribution is -2.49. The molecule has 0 saturated carbocycles. The SMILES string of the molecule is CC(C)(C)OC(=O)N1CCC(CC=O)(n2cc(C(N)=O)c(Cc3ccc(S(=O)(=O)C(F)F)cc3)n2)CC1. The van der Waals surface area contributed by atoms with E-state index < -0.39 is 43.6 Å². The number of benzene rings is 1. The Morgan fingerprint density at radius 1 is 1.19 bits per heavy atom. The van der Waals surface area contributed by atoms with Crippen molar-refractivity contribution < 1.29 is 36.3 Å². The van der Waals surface area contributed by atoms with Crippen molar-refractivity contribution in [3.05, 3.63) is 47.3 Å². The van der Waals surface area contributed by atoms with Crippen LogP contribution in [0, 0.1) is 0 Å². The maximum atomic E-state index is 12.8. The molecule has 1 aromatic carbocycles. The molecule has 37 heavy (non-hydrogen) atoms. The first-order valence-electron chi connectivity index (χ1n) is 11.6. The number of ether oxygens (including phenoxy) is 1. The second kappa shape index (κ2) is 10.6. The van der Waals surface area contributed by atoms with Gasteiger partial charge in [0, 0.05) is 32.1 Å². The molecule has 0 atom stereocenters. The predicted molar refractivity (Wildman–Crippen MR) is 129 cm³/mol. The number of carbonyl (C=O) groups is 3. The molecule has 0 radical (unpaired) electrons. The Labute approximate surface area is 213 Å². The molecule has 2 aromatic rings. The summed E-state index contributed by atoms with van der Waals surface area (Å²) in [5, 5.41) is 4.55. The summed E-state index contributed by atoms with van der Waals surface area (Å²) < 4.78 is 55.9. The van der Waals surface area contributed by atoms with Gasteiger partial charge in [0.25, 0.3) is 5.91 Å². The Morgan fingerprint density at radius 3 is 2.27 bits per heavy atom. The van der Waals surface area contributed by atoms with E-state index >= 15 is 0 Å². The molecule has 1 fully saturated rings. The van der Waals surface area contributed by atoms with E-state index in [1.807, 2.05) is 0 Å². The molecule has 1 saturated heterocycles. The second-order valence-corrected chi connectivity index (χ2v) is 11.9. The number of amides is 2. The summed E-state index contributed by atoms with van der Waals surface area (Å²) in [4.78, 5) is 37.3. The smallest absolute Gasteiger partial charge is 0.410 e. The Bertz CT molecular complexity index is 1260. The van der Waals surface area contributed by atoms with Gasteiger partial charge in [0.15, 0.2) is 0 Å². The number of carbonyl (C=O) groups excluding carboxylic acids is 3. The van der Waals surface area contributed by atoms with Crippen LogP contribution < -0.4 is 5.73 Å². The maximum absolute atomic E-state index is 12.8. The molecule has 13 heteroatoms. The minimum atomic E-state index is -4.73. The molecule has 2 heterocycles. The lowest BCUT2D eigenvalue weighted by atomic mass is 9.85. The summed E-state index contributed by atoms with van der Waals surface area (Å²) in [6.07, 6.45) is 2.70. The van der Waals surface area contributed by atoms with Gasteiger partial charge in [-0.25, -0.2) is 13.2 Å². The highest BCUT2D eigenvalue weighted by Gasteiger charge is 2.40. The summed E-state index contributed by atoms with van der Waals surface area (Å²) in [5.41, 5.74) is 5.05. The molecule has 1 aliphatic heterocycles. The summed E-state index contributed by atoms with van der Waals surface area (Å²) in [5.74, 6) is -4.28. The number of hydrogen-bond donors (Lipinski definition) is 1. The largest absolute Gasteiger partial charge is 0.444 e. The van der Waals surface area contributed by atoms with E-state index in [2.05, 4.69) is 5.10 Å². The minimum Gasteiger partial charge on any atom is -0.444 e. The van der Waals surface area contributed by atoms with Crippen LogP contribution in [0.3, 0.4) is 0 Å². The lowest BCUT2D eigenvalue weighted by Gasteiger charge is -2.41. The van der Waals surface area contributed by atoms with Gasteiger partial charge in [-0.3, -0.25) is 9.48 Å². The number of aldehydes is 1. The number of halogens is 2. The van der Waals surface area contributed by atoms with Gasteiger partial charge in [-0.1, -0.05) is 12.1 Å². The molecule has 1 aliphatic rings. The van der Waals surface area contributed by atoms with Crippen LogP contribution in [0.2, 0.25) is 0 Å². The first-order valence-corrected chi connectivity index (χ1v) is 13.1. The molecule has 2 N–H and O–H groups in total. The average molecular weight is 541 g/mol. The third-order valence-electron chi connectivity index (χ3n) is 6.21. The summed E-state index contributed by atoms with van der Waals surface area (Å²) in [7, 11) is -4.73. The van der Waals surface area contributed by atoms with Crippen LogP contribution in [-0.2, 0) is 31.3 Å². The van der Waals surface area contributed by atoms with Crippen molar-refractivity contribution in [1.29, 1.82) is 0 Å². The van der Waals surface area contributed by atoms with Gasteiger partial charge in [-0.2, -0.15) is 13.9 Å². The zero-order valence-electron chi connectivity index (χ0n) is 20.8. The molecule has 202 valence electrons. The average Bonchev–Trinajstić information content (AvgIpc) is 3.23. The van der Waals surface area contributed by atoms with Gasteiger partial charge in [-0.05, 0) is 51.3 Å². The van der Waals surface area contributed by atoms with Gasteiger partial charge in [-0.15, -0.1) is 0 Å². The second-order valence-electron chi connectivity index (χ2n) is 9.99. The monoisotopic (exact) mass is 540 g/mol. The van der Waals surface area contributed by atoms with E-state index in [0.29, 0.717) is 31.5 Å². The van der Waals surface area contributed by atoms with Crippen LogP contribution in [0.1, 0.15) is 61.6 Å². The Hall–Kier alpha value is -3.35. The van der Waals surface area contributed by atoms with Crippen molar-refractivity contribution in [2.24, 2.45) is 5.73 Å². The minimum absolute atomic E-state index is 0.0709. The van der Waals surface area contributed by atoms with Crippen LogP contribution >= 0.6 is 0 Å². The third-order valence-corrected chi connectivity index (χ3v) is 7.61. The number of aromatic nitrogens is 2. The normalized spacial score (nSPS) is 16.0. The van der Waals surface area contributed by atoms with Gasteiger partial charge >= 0.3 is 11.9 Å². The molecule has 2 amide bonds. The quantitative estimate of drug-likeness (QED) is 0.508. The fraction of sp³-hybridized carbons (Fsp3) is 0.500. The number of primary amides is 1. The number of nitrogens with zero attached hydrogens (tertiary/aromatic N) is 3. The summed E-state index contributed by atoms with van der Waals surface area (Å²) >= 11 is 0. The Morgan fingerprint density at radius 2 is 1.78 bits per heavy atom. The molecule has 0 unspecified atom stereocenters. The molecule has 0 bridgehead atoms. The van der Waals surface area contributed by atoms with Crippen LogP contribution in [0.4, 0.5) is 13.6 Å². The van der Waals surface area contributed by atoms with Gasteiger partial charge in [0.2, 0.25) is 9.84 Å². The van der Waals surface area contributed by atoms with Crippen molar-refractivity contribution in [2.75, 3.05) is 13.1 Å². The summed E-state index contributed by atoms with van der Waals surface area (Å²) in [6, 6.07) is 4.86. The van der Waals surface area contributed by atoms with Crippen molar-refractivity contribution in [3.63, 3.8) is 0 Å². The van der Waals surface area contributed by atoms with Gasteiger partial charge in [0.1, 0.15) is 11.9 Å². The van der Waals surface area contributed by atoms with Gasteiger partial charge in [0.05, 0.1) is 21.7 Å². The molecule has 3 rings (SSSR count). The van der Waals surface area contributed by atoms with Crippen LogP contribution in [0.5, 0.6) is 0 Å². The predicted octanol–water partition coefficient (Wildman–Crippen LogP) is 2.88. The zero-order chi connectivity index (χ0) is 27.6. The number of piperidine rings is 1. The van der Waals surface area contributed by atoms with E-state index in [-0.39, 0.29) is 24.1 Å².